The van der Waals surface area contributed by atoms with Gasteiger partial charge >= 0.3 is 36.3 Å². The lowest BCUT2D eigenvalue weighted by atomic mass is 9.79. The molecule has 0 bridgehead atoms. The number of likely N-dealkylation sites (tertiary alicyclic amines) is 5. The van der Waals surface area contributed by atoms with Crippen LogP contribution in [-0.2, 0) is 62.0 Å². The first kappa shape index (κ1) is 91.6. The highest BCUT2D eigenvalue weighted by Crippen LogP contribution is 2.32. The molecule has 3 N–H and O–H groups in total. The number of amides is 5. The number of nitrogens with zero attached hydrogens (tertiary/aromatic N) is 5. The molecule has 0 saturated carbocycles. The molecule has 24 nitrogen and oxygen atoms in total. The van der Waals surface area contributed by atoms with Crippen LogP contribution in [0.15, 0.2) is 30.3 Å². The van der Waals surface area contributed by atoms with E-state index in [1.54, 1.807) is 40.4 Å². The summed E-state index contributed by atoms with van der Waals surface area (Å²) < 4.78 is 31.9. The number of nitrogens with two attached hydrogens (primary N) is 1. The first-order valence-corrected chi connectivity index (χ1v) is 38.6. The van der Waals surface area contributed by atoms with E-state index in [1.807, 2.05) is 125 Å². The molecule has 5 fully saturated rings. The molecule has 1 aromatic rings. The Morgan fingerprint density at radius 3 is 1.40 bits per heavy atom. The standard InChI is InChI=1S/C21H32N2O4.C18H30BrNO4.C17H28N2O4.C13H24N2O4.C5H8BrClO/c1-6-26-19(24)17-12-13-23(20(25)27-21(3,4)5)14-18(17)22-15(2)16-10-8-7-9-11-16;1-13(21)16-8-10-20(17(23)24-18(2,3)4)12-14(16)11-15(22)7-5-6-9-19;1-12(20)13-8-10-18(16(22)23-17(2,3)4)11-14(13)19-9-6-5-7-15(19)21;1-5-18-11(16)9-6-7-15(8-10(9)14)12(17)19-13(2,3)4;6-4-2-1-3-5(7)8/h7-11,15,17-18,22H,6,12-14H2,1-5H3;14,16H,5-12H2,1-4H3;13-14H,5-11H2,1-4H3;9-10H,5-8,14H2,1-4H3;1-4H2/t15-,17-,18-;14-,16+;13-,14+;9-,10-;/m0010./s1. The van der Waals surface area contributed by atoms with Crippen LogP contribution in [0, 0.1) is 29.6 Å². The largest absolute Gasteiger partial charge is 0.466 e. The van der Waals surface area contributed by atoms with Crippen molar-refractivity contribution in [3.8, 4) is 0 Å². The molecule has 5 aliphatic heterocycles. The number of ether oxygens (including phenoxy) is 6. The van der Waals surface area contributed by atoms with Crippen molar-refractivity contribution in [2.75, 3.05) is 82.8 Å². The molecule has 6 rings (SSSR count). The average Bonchev–Trinajstić information content (AvgIpc) is 0.812. The monoisotopic (exact) mass is 1570 g/mol. The summed E-state index contributed by atoms with van der Waals surface area (Å²) >= 11 is 11.7. The Kier molecular flexibility index (Phi) is 40.9. The van der Waals surface area contributed by atoms with E-state index in [4.69, 9.17) is 45.8 Å². The molecule has 5 saturated heterocycles. The van der Waals surface area contributed by atoms with Crippen LogP contribution in [0.3, 0.4) is 0 Å². The van der Waals surface area contributed by atoms with Crippen LogP contribution in [0.1, 0.15) is 219 Å². The van der Waals surface area contributed by atoms with Gasteiger partial charge in [0.25, 0.3) is 0 Å². The number of rotatable bonds is 20. The van der Waals surface area contributed by atoms with Crippen LogP contribution in [0.4, 0.5) is 19.2 Å². The summed E-state index contributed by atoms with van der Waals surface area (Å²) in [4.78, 5) is 140. The Hall–Kier alpha value is -5.44. The van der Waals surface area contributed by atoms with E-state index in [0.29, 0.717) is 123 Å². The van der Waals surface area contributed by atoms with Crippen molar-refractivity contribution in [3.05, 3.63) is 35.9 Å². The van der Waals surface area contributed by atoms with Crippen LogP contribution in [-0.4, -0.2) is 213 Å². The molecule has 0 aromatic heterocycles. The van der Waals surface area contributed by atoms with Gasteiger partial charge in [-0.3, -0.25) is 33.6 Å². The molecule has 5 amide bonds. The van der Waals surface area contributed by atoms with E-state index >= 15 is 0 Å². The highest BCUT2D eigenvalue weighted by atomic mass is 79.9. The molecule has 27 heteroatoms. The SMILES string of the molecule is CC(=O)[C@H]1CCN(C(=O)OC(C)(C)C)C[C@@H]1CC(=O)CCCCBr.CC(=O)[C@H]1CCN(C(=O)OC(C)(C)C)C[C@@H]1N1CCCCC1=O.CCOC(=O)[C@H]1CCN(C(=O)OC(C)(C)C)C[C@@H]1N.CCOC(=O)[C@H]1CCN(C(=O)OC(C)(C)C)C[C@@H]1N[C@@H](C)c1ccccc1.O=C(Cl)CCCCBr. The Morgan fingerprint density at radius 2 is 0.970 bits per heavy atom. The number of ketones is 3. The maximum absolute atomic E-state index is 12.5. The molecule has 0 aliphatic carbocycles. The van der Waals surface area contributed by atoms with Crippen molar-refractivity contribution in [3.63, 3.8) is 0 Å². The fraction of sp³-hybridized carbons (Fsp3) is 0.770. The van der Waals surface area contributed by atoms with Gasteiger partial charge in [0.1, 0.15) is 39.8 Å². The zero-order chi connectivity index (χ0) is 76.6. The van der Waals surface area contributed by atoms with Crippen LogP contribution in [0.2, 0.25) is 0 Å². The summed E-state index contributed by atoms with van der Waals surface area (Å²) in [7, 11) is 0. The number of hydrogen-bond acceptors (Lipinski definition) is 19. The van der Waals surface area contributed by atoms with E-state index < -0.39 is 28.4 Å². The summed E-state index contributed by atoms with van der Waals surface area (Å²) in [5.41, 5.74) is 4.91. The third-order valence-corrected chi connectivity index (χ3v) is 18.3. The van der Waals surface area contributed by atoms with Gasteiger partial charge < -0.3 is 64.0 Å². The van der Waals surface area contributed by atoms with E-state index in [-0.39, 0.29) is 113 Å². The van der Waals surface area contributed by atoms with Crippen LogP contribution in [0.25, 0.3) is 0 Å². The number of benzene rings is 1. The lowest BCUT2D eigenvalue weighted by Gasteiger charge is -2.44. The molecule has 0 unspecified atom stereocenters. The smallest absolute Gasteiger partial charge is 0.410 e. The molecule has 101 heavy (non-hydrogen) atoms. The second kappa shape index (κ2) is 45.0. The maximum atomic E-state index is 12.5. The van der Waals surface area contributed by atoms with Crippen LogP contribution < -0.4 is 11.1 Å². The van der Waals surface area contributed by atoms with E-state index in [9.17, 15) is 52.7 Å². The van der Waals surface area contributed by atoms with Gasteiger partial charge in [-0.2, -0.15) is 0 Å². The summed E-state index contributed by atoms with van der Waals surface area (Å²) in [5.74, 6) is -1.04. The number of unbranched alkanes of at least 4 members (excludes halogenated alkanes) is 2. The third-order valence-electron chi connectivity index (χ3n) is 17.0. The highest BCUT2D eigenvalue weighted by Gasteiger charge is 2.43. The van der Waals surface area contributed by atoms with E-state index in [2.05, 4.69) is 44.1 Å². The third kappa shape index (κ3) is 36.2. The summed E-state index contributed by atoms with van der Waals surface area (Å²) in [6.07, 6.45) is 8.37. The number of hydrogen-bond donors (Lipinski definition) is 2. The predicted molar refractivity (Wildman–Crippen MR) is 397 cm³/mol. The molecule has 0 spiro atoms. The van der Waals surface area contributed by atoms with Gasteiger partial charge in [0.15, 0.2) is 0 Å². The molecular weight excluding hydrogens is 1450 g/mol. The van der Waals surface area contributed by atoms with E-state index in [1.165, 1.54) is 0 Å². The van der Waals surface area contributed by atoms with Gasteiger partial charge in [-0.1, -0.05) is 62.2 Å². The fourth-order valence-electron chi connectivity index (χ4n) is 12.1. The van der Waals surface area contributed by atoms with Gasteiger partial charge in [-0.05, 0) is 205 Å². The minimum absolute atomic E-state index is 0.0479. The van der Waals surface area contributed by atoms with Crippen molar-refractivity contribution in [2.24, 2.45) is 35.3 Å². The Labute approximate surface area is 623 Å². The topological polar surface area (TPSA) is 297 Å². The van der Waals surface area contributed by atoms with Crippen molar-refractivity contribution in [2.45, 2.75) is 254 Å². The zero-order valence-corrected chi connectivity index (χ0v) is 67.5. The van der Waals surface area contributed by atoms with Gasteiger partial charge in [0.2, 0.25) is 11.1 Å². The number of piperidine rings is 5. The summed E-state index contributed by atoms with van der Waals surface area (Å²) in [5, 5.41) is 5.14. The number of carbonyl (C=O) groups is 11. The fourth-order valence-corrected chi connectivity index (χ4v) is 13.1. The second-order valence-electron chi connectivity index (χ2n) is 30.3. The van der Waals surface area contributed by atoms with Gasteiger partial charge in [-0.15, -0.1) is 0 Å². The first-order chi connectivity index (χ1) is 47.0. The Morgan fingerprint density at radius 1 is 0.554 bits per heavy atom. The molecule has 5 heterocycles. The van der Waals surface area contributed by atoms with Crippen LogP contribution in [0.5, 0.6) is 0 Å². The molecule has 0 radical (unpaired) electrons. The summed E-state index contributed by atoms with van der Waals surface area (Å²) in [6.45, 7) is 35.6. The second-order valence-corrected chi connectivity index (χ2v) is 32.4. The highest BCUT2D eigenvalue weighted by molar-refractivity contribution is 9.09. The minimum Gasteiger partial charge on any atom is -0.466 e. The van der Waals surface area contributed by atoms with Crippen LogP contribution >= 0.6 is 43.5 Å². The Balaban J connectivity index is 0.000000444. The van der Waals surface area contributed by atoms with Crippen molar-refractivity contribution < 1.29 is 81.2 Å². The van der Waals surface area contributed by atoms with Crippen molar-refractivity contribution in [1.82, 2.24) is 29.8 Å². The lowest BCUT2D eigenvalue weighted by molar-refractivity contribution is -0.151. The number of alkyl halides is 2. The molecule has 576 valence electrons. The number of Topliss-reactive ketones (excluding diaryl/α,β-unsaturated/α-hetero) is 3. The van der Waals surface area contributed by atoms with Crippen molar-refractivity contribution in [1.29, 1.82) is 0 Å². The summed E-state index contributed by atoms with van der Waals surface area (Å²) in [6, 6.07) is 9.28. The molecule has 9 atom stereocenters. The first-order valence-electron chi connectivity index (χ1n) is 36.0. The number of carbonyl (C=O) groups excluding carboxylic acids is 11. The number of halogens is 3. The predicted octanol–water partition coefficient (Wildman–Crippen LogP) is 13.2. The Bertz CT molecular complexity index is 2790. The van der Waals surface area contributed by atoms with Gasteiger partial charge in [0, 0.05) is 125 Å². The number of esters is 2. The maximum Gasteiger partial charge on any atom is 0.410 e. The zero-order valence-electron chi connectivity index (χ0n) is 63.6. The minimum atomic E-state index is -0.551. The van der Waals surface area contributed by atoms with Gasteiger partial charge in [0.05, 0.1) is 31.1 Å². The lowest BCUT2D eigenvalue weighted by Crippen LogP contribution is -2.58. The number of nitrogens with one attached hydrogen (secondary N) is 1. The normalized spacial score (nSPS) is 22.0. The van der Waals surface area contributed by atoms with E-state index in [0.717, 1.165) is 54.7 Å². The molecule has 1 aromatic carbocycles. The van der Waals surface area contributed by atoms with Gasteiger partial charge in [-0.25, -0.2) is 19.2 Å². The quantitative estimate of drug-likeness (QED) is 0.0403. The van der Waals surface area contributed by atoms with Crippen molar-refractivity contribution >= 4 is 108 Å². The molecule has 5 aliphatic rings. The molecular formula is C74H122Br2ClN7O17. The average molecular weight is 1580 g/mol.